The van der Waals surface area contributed by atoms with Gasteiger partial charge in [-0.05, 0) is 31.4 Å². The lowest BCUT2D eigenvalue weighted by atomic mass is 9.99. The van der Waals surface area contributed by atoms with Gasteiger partial charge in [0, 0.05) is 6.04 Å². The lowest BCUT2D eigenvalue weighted by Crippen LogP contribution is -2.29. The number of aromatic nitrogens is 2. The van der Waals surface area contributed by atoms with Crippen LogP contribution in [0.1, 0.15) is 56.1 Å². The molecule has 1 unspecified atom stereocenters. The molecular formula is C12H22N4. The van der Waals surface area contributed by atoms with Gasteiger partial charge in [0.05, 0.1) is 11.4 Å². The van der Waals surface area contributed by atoms with E-state index >= 15 is 0 Å². The van der Waals surface area contributed by atoms with Crippen molar-refractivity contribution in [1.29, 1.82) is 0 Å². The maximum Gasteiger partial charge on any atom is 0.0676 e. The van der Waals surface area contributed by atoms with Crippen LogP contribution in [-0.4, -0.2) is 10.2 Å². The van der Waals surface area contributed by atoms with Crippen molar-refractivity contribution in [1.82, 2.24) is 15.6 Å². The van der Waals surface area contributed by atoms with E-state index in [1.165, 1.54) is 18.4 Å². The second-order valence-corrected chi connectivity index (χ2v) is 4.10. The molecule has 0 fully saturated rings. The molecule has 16 heavy (non-hydrogen) atoms. The molecule has 0 saturated carbocycles. The van der Waals surface area contributed by atoms with Crippen LogP contribution in [0.25, 0.3) is 0 Å². The Balaban J connectivity index is 2.92. The number of aryl methyl sites for hydroxylation is 2. The first-order valence-corrected chi connectivity index (χ1v) is 6.02. The highest BCUT2D eigenvalue weighted by molar-refractivity contribution is 5.24. The third-order valence-electron chi connectivity index (χ3n) is 2.78. The van der Waals surface area contributed by atoms with E-state index in [2.05, 4.69) is 35.5 Å². The highest BCUT2D eigenvalue weighted by Crippen LogP contribution is 2.21. The molecule has 4 heteroatoms. The lowest BCUT2D eigenvalue weighted by Gasteiger charge is -2.18. The number of hydrogen-bond donors (Lipinski definition) is 2. The molecule has 90 valence electrons. The molecule has 1 rings (SSSR count). The number of hydrogen-bond acceptors (Lipinski definition) is 4. The SMILES string of the molecule is CCCCC(NN)c1cc(C)nnc1CC. The molecule has 0 amide bonds. The summed E-state index contributed by atoms with van der Waals surface area (Å²) in [5.74, 6) is 5.62. The van der Waals surface area contributed by atoms with E-state index in [4.69, 9.17) is 5.84 Å². The molecule has 0 spiro atoms. The van der Waals surface area contributed by atoms with E-state index in [9.17, 15) is 0 Å². The summed E-state index contributed by atoms with van der Waals surface area (Å²) >= 11 is 0. The molecule has 1 aromatic rings. The van der Waals surface area contributed by atoms with Crippen LogP contribution in [0.5, 0.6) is 0 Å². The summed E-state index contributed by atoms with van der Waals surface area (Å²) in [4.78, 5) is 0. The minimum Gasteiger partial charge on any atom is -0.271 e. The Bertz CT molecular complexity index is 325. The number of nitrogens with one attached hydrogen (secondary N) is 1. The fourth-order valence-corrected chi connectivity index (χ4v) is 1.85. The molecule has 1 atom stereocenters. The summed E-state index contributed by atoms with van der Waals surface area (Å²) in [6.07, 6.45) is 4.29. The number of nitrogens with zero attached hydrogens (tertiary/aromatic N) is 2. The van der Waals surface area contributed by atoms with Gasteiger partial charge in [0.15, 0.2) is 0 Å². The summed E-state index contributed by atoms with van der Waals surface area (Å²) in [5, 5.41) is 8.32. The number of unbranched alkanes of at least 4 members (excludes halogenated alkanes) is 1. The van der Waals surface area contributed by atoms with Gasteiger partial charge in [0.1, 0.15) is 0 Å². The van der Waals surface area contributed by atoms with Crippen LogP contribution >= 0.6 is 0 Å². The van der Waals surface area contributed by atoms with E-state index in [0.29, 0.717) is 0 Å². The fourth-order valence-electron chi connectivity index (χ4n) is 1.85. The topological polar surface area (TPSA) is 63.8 Å². The van der Waals surface area contributed by atoms with Crippen molar-refractivity contribution >= 4 is 0 Å². The highest BCUT2D eigenvalue weighted by Gasteiger charge is 2.14. The molecule has 0 bridgehead atoms. The van der Waals surface area contributed by atoms with Crippen LogP contribution in [0.4, 0.5) is 0 Å². The Morgan fingerprint density at radius 2 is 2.12 bits per heavy atom. The van der Waals surface area contributed by atoms with Crippen LogP contribution in [0, 0.1) is 6.92 Å². The fraction of sp³-hybridized carbons (Fsp3) is 0.667. The quantitative estimate of drug-likeness (QED) is 0.571. The van der Waals surface area contributed by atoms with Gasteiger partial charge in [-0.3, -0.25) is 11.3 Å². The Morgan fingerprint density at radius 3 is 2.69 bits per heavy atom. The average molecular weight is 222 g/mol. The van der Waals surface area contributed by atoms with Gasteiger partial charge >= 0.3 is 0 Å². The molecular weight excluding hydrogens is 200 g/mol. The van der Waals surface area contributed by atoms with Crippen LogP contribution in [0.15, 0.2) is 6.07 Å². The zero-order valence-electron chi connectivity index (χ0n) is 10.5. The molecule has 1 aromatic heterocycles. The smallest absolute Gasteiger partial charge is 0.0676 e. The highest BCUT2D eigenvalue weighted by atomic mass is 15.2. The van der Waals surface area contributed by atoms with Crippen molar-refractivity contribution in [2.45, 2.75) is 52.5 Å². The third-order valence-corrected chi connectivity index (χ3v) is 2.78. The summed E-state index contributed by atoms with van der Waals surface area (Å²) in [7, 11) is 0. The van der Waals surface area contributed by atoms with Gasteiger partial charge < -0.3 is 0 Å². The first kappa shape index (κ1) is 13.1. The molecule has 1 heterocycles. The molecule has 0 aromatic carbocycles. The van der Waals surface area contributed by atoms with E-state index in [0.717, 1.165) is 24.2 Å². The van der Waals surface area contributed by atoms with Gasteiger partial charge in [-0.2, -0.15) is 10.2 Å². The van der Waals surface area contributed by atoms with Crippen LogP contribution < -0.4 is 11.3 Å². The number of rotatable bonds is 6. The second kappa shape index (κ2) is 6.55. The molecule has 0 aliphatic carbocycles. The Morgan fingerprint density at radius 1 is 1.38 bits per heavy atom. The zero-order chi connectivity index (χ0) is 12.0. The molecule has 0 aliphatic rings. The monoisotopic (exact) mass is 222 g/mol. The number of nitrogens with two attached hydrogens (primary N) is 1. The van der Waals surface area contributed by atoms with Gasteiger partial charge in [-0.1, -0.05) is 26.7 Å². The van der Waals surface area contributed by atoms with Crippen molar-refractivity contribution in [2.24, 2.45) is 5.84 Å². The van der Waals surface area contributed by atoms with Crippen molar-refractivity contribution in [3.05, 3.63) is 23.0 Å². The maximum atomic E-state index is 5.62. The standard InChI is InChI=1S/C12H22N4/c1-4-6-7-12(14-13)10-8-9(3)15-16-11(10)5-2/h8,12,14H,4-7,13H2,1-3H3. The molecule has 4 nitrogen and oxygen atoms in total. The summed E-state index contributed by atoms with van der Waals surface area (Å²) in [5.41, 5.74) is 6.08. The minimum atomic E-state index is 0.198. The molecule has 0 radical (unpaired) electrons. The van der Waals surface area contributed by atoms with Crippen molar-refractivity contribution in [3.8, 4) is 0 Å². The van der Waals surface area contributed by atoms with E-state index in [1.54, 1.807) is 0 Å². The summed E-state index contributed by atoms with van der Waals surface area (Å²) < 4.78 is 0. The Hall–Kier alpha value is -1.00. The first-order valence-electron chi connectivity index (χ1n) is 6.02. The predicted molar refractivity (Wildman–Crippen MR) is 65.7 cm³/mol. The maximum absolute atomic E-state index is 5.62. The first-order chi connectivity index (χ1) is 7.72. The third kappa shape index (κ3) is 3.25. The lowest BCUT2D eigenvalue weighted by molar-refractivity contribution is 0.488. The van der Waals surface area contributed by atoms with Crippen molar-refractivity contribution in [3.63, 3.8) is 0 Å². The summed E-state index contributed by atoms with van der Waals surface area (Å²) in [6.45, 7) is 6.24. The molecule has 0 aliphatic heterocycles. The summed E-state index contributed by atoms with van der Waals surface area (Å²) in [6, 6.07) is 2.29. The van der Waals surface area contributed by atoms with Crippen LogP contribution in [0.2, 0.25) is 0 Å². The molecule has 3 N–H and O–H groups in total. The van der Waals surface area contributed by atoms with Gasteiger partial charge in [-0.15, -0.1) is 0 Å². The second-order valence-electron chi connectivity index (χ2n) is 4.10. The Labute approximate surface area is 97.6 Å². The minimum absolute atomic E-state index is 0.198. The predicted octanol–water partition coefficient (Wildman–Crippen LogP) is 2.04. The van der Waals surface area contributed by atoms with Gasteiger partial charge in [0.2, 0.25) is 0 Å². The van der Waals surface area contributed by atoms with Gasteiger partial charge in [0.25, 0.3) is 0 Å². The Kier molecular flexibility index (Phi) is 5.35. The van der Waals surface area contributed by atoms with Crippen LogP contribution in [0.3, 0.4) is 0 Å². The van der Waals surface area contributed by atoms with Crippen molar-refractivity contribution < 1.29 is 0 Å². The van der Waals surface area contributed by atoms with E-state index < -0.39 is 0 Å². The van der Waals surface area contributed by atoms with Gasteiger partial charge in [-0.25, -0.2) is 0 Å². The average Bonchev–Trinajstić information content (AvgIpc) is 2.30. The van der Waals surface area contributed by atoms with Crippen molar-refractivity contribution in [2.75, 3.05) is 0 Å². The number of hydrazine groups is 1. The largest absolute Gasteiger partial charge is 0.271 e. The van der Waals surface area contributed by atoms with E-state index in [-0.39, 0.29) is 6.04 Å². The van der Waals surface area contributed by atoms with Crippen LogP contribution in [-0.2, 0) is 6.42 Å². The normalized spacial score (nSPS) is 12.8. The molecule has 0 saturated heterocycles. The zero-order valence-corrected chi connectivity index (χ0v) is 10.5. The van der Waals surface area contributed by atoms with E-state index in [1.807, 2.05) is 6.92 Å².